The molecule has 0 radical (unpaired) electrons. The molecule has 3 heterocycles. The summed E-state index contributed by atoms with van der Waals surface area (Å²) in [7, 11) is 0. The molecular formula is C15H19F2N3O3. The number of likely N-dealkylation sites (tertiary alicyclic amines) is 1. The zero-order chi connectivity index (χ0) is 16.3. The molecular weight excluding hydrogens is 308 g/mol. The molecule has 1 N–H and O–H groups in total. The third kappa shape index (κ3) is 3.69. The Balaban J connectivity index is 1.62. The van der Waals surface area contributed by atoms with Crippen molar-refractivity contribution in [3.05, 3.63) is 18.3 Å². The lowest BCUT2D eigenvalue weighted by molar-refractivity contribution is 0.0800. The average Bonchev–Trinajstić information content (AvgIpc) is 3.17. The van der Waals surface area contributed by atoms with Gasteiger partial charge in [-0.05, 0) is 25.0 Å². The van der Waals surface area contributed by atoms with Crippen molar-refractivity contribution in [3.63, 3.8) is 0 Å². The molecule has 2 saturated heterocycles. The fourth-order valence-corrected chi connectivity index (χ4v) is 3.02. The molecule has 0 bridgehead atoms. The Labute approximate surface area is 132 Å². The second-order valence-corrected chi connectivity index (χ2v) is 5.96. The lowest BCUT2D eigenvalue weighted by Gasteiger charge is -2.22. The number of rotatable bonds is 4. The number of halogens is 2. The summed E-state index contributed by atoms with van der Waals surface area (Å²) in [6, 6.07) is 2.92. The van der Waals surface area contributed by atoms with Crippen molar-refractivity contribution in [3.8, 4) is 5.88 Å². The highest BCUT2D eigenvalue weighted by molar-refractivity contribution is 5.90. The van der Waals surface area contributed by atoms with Gasteiger partial charge in [0, 0.05) is 31.3 Å². The summed E-state index contributed by atoms with van der Waals surface area (Å²) in [5.74, 6) is -0.000685. The standard InChI is InChI=1S/C15H19F2N3O3/c16-12(17)8-23-13-11(2-1-5-18-13)19-14(21)20-6-3-15(9-20)4-7-22-10-15/h1-2,5,12H,3-4,6-10H2,(H,19,21)/t15-/m1/s1. The second kappa shape index (κ2) is 6.66. The molecule has 23 heavy (non-hydrogen) atoms. The molecule has 2 fully saturated rings. The number of ether oxygens (including phenoxy) is 2. The largest absolute Gasteiger partial charge is 0.470 e. The van der Waals surface area contributed by atoms with Crippen LogP contribution in [0.4, 0.5) is 19.3 Å². The van der Waals surface area contributed by atoms with Crippen LogP contribution < -0.4 is 10.1 Å². The number of nitrogens with zero attached hydrogens (tertiary/aromatic N) is 2. The SMILES string of the molecule is O=C(Nc1cccnc1OCC(F)F)N1CC[C@@]2(CCOC2)C1. The van der Waals surface area contributed by atoms with Crippen molar-refractivity contribution < 1.29 is 23.0 Å². The number of carbonyl (C=O) groups is 1. The molecule has 1 aromatic heterocycles. The molecule has 0 unspecified atom stereocenters. The monoisotopic (exact) mass is 327 g/mol. The van der Waals surface area contributed by atoms with Crippen molar-refractivity contribution in [1.82, 2.24) is 9.88 Å². The van der Waals surface area contributed by atoms with Crippen LogP contribution in [0.2, 0.25) is 0 Å². The Morgan fingerprint density at radius 2 is 2.39 bits per heavy atom. The van der Waals surface area contributed by atoms with Crippen LogP contribution >= 0.6 is 0 Å². The van der Waals surface area contributed by atoms with Gasteiger partial charge in [-0.3, -0.25) is 0 Å². The summed E-state index contributed by atoms with van der Waals surface area (Å²) >= 11 is 0. The molecule has 126 valence electrons. The zero-order valence-corrected chi connectivity index (χ0v) is 12.6. The molecule has 2 aliphatic rings. The second-order valence-electron chi connectivity index (χ2n) is 5.96. The summed E-state index contributed by atoms with van der Waals surface area (Å²) in [4.78, 5) is 18.0. The van der Waals surface area contributed by atoms with E-state index in [1.807, 2.05) is 0 Å². The maximum absolute atomic E-state index is 12.4. The fraction of sp³-hybridized carbons (Fsp3) is 0.600. The first-order valence-electron chi connectivity index (χ1n) is 7.58. The first-order chi connectivity index (χ1) is 11.1. The van der Waals surface area contributed by atoms with E-state index in [0.29, 0.717) is 25.4 Å². The van der Waals surface area contributed by atoms with E-state index in [2.05, 4.69) is 10.3 Å². The van der Waals surface area contributed by atoms with Crippen LogP contribution in [-0.2, 0) is 4.74 Å². The molecule has 6 nitrogen and oxygen atoms in total. The third-order valence-electron chi connectivity index (χ3n) is 4.27. The smallest absolute Gasteiger partial charge is 0.322 e. The van der Waals surface area contributed by atoms with Crippen molar-refractivity contribution in [2.75, 3.05) is 38.2 Å². The van der Waals surface area contributed by atoms with E-state index >= 15 is 0 Å². The summed E-state index contributed by atoms with van der Waals surface area (Å²) in [6.07, 6.45) is 0.715. The number of alkyl halides is 2. The van der Waals surface area contributed by atoms with Gasteiger partial charge in [0.2, 0.25) is 5.88 Å². The molecule has 1 atom stereocenters. The van der Waals surface area contributed by atoms with E-state index in [-0.39, 0.29) is 17.3 Å². The number of amides is 2. The minimum atomic E-state index is -2.60. The van der Waals surface area contributed by atoms with Gasteiger partial charge in [0.15, 0.2) is 6.61 Å². The molecule has 2 amide bonds. The van der Waals surface area contributed by atoms with Crippen LogP contribution in [0, 0.1) is 5.41 Å². The highest BCUT2D eigenvalue weighted by Crippen LogP contribution is 2.38. The Morgan fingerprint density at radius 3 is 3.13 bits per heavy atom. The van der Waals surface area contributed by atoms with Gasteiger partial charge in [0.1, 0.15) is 5.69 Å². The lowest BCUT2D eigenvalue weighted by atomic mass is 9.87. The number of urea groups is 1. The lowest BCUT2D eigenvalue weighted by Crippen LogP contribution is -2.35. The molecule has 3 rings (SSSR count). The molecule has 8 heteroatoms. The minimum absolute atomic E-state index is 0.000685. The van der Waals surface area contributed by atoms with Crippen LogP contribution in [0.3, 0.4) is 0 Å². The third-order valence-corrected chi connectivity index (χ3v) is 4.27. The molecule has 1 spiro atoms. The van der Waals surface area contributed by atoms with Gasteiger partial charge in [-0.25, -0.2) is 18.6 Å². The van der Waals surface area contributed by atoms with E-state index in [9.17, 15) is 13.6 Å². The van der Waals surface area contributed by atoms with E-state index in [0.717, 1.165) is 19.4 Å². The number of pyridine rings is 1. The van der Waals surface area contributed by atoms with Crippen LogP contribution in [0.1, 0.15) is 12.8 Å². The van der Waals surface area contributed by atoms with Gasteiger partial charge in [-0.1, -0.05) is 0 Å². The molecule has 0 saturated carbocycles. The predicted octanol–water partition coefficient (Wildman–Crippen LogP) is 2.37. The number of carbonyl (C=O) groups excluding carboxylic acids is 1. The summed E-state index contributed by atoms with van der Waals surface area (Å²) in [6.45, 7) is 1.97. The Morgan fingerprint density at radius 1 is 1.52 bits per heavy atom. The molecule has 0 aliphatic carbocycles. The van der Waals surface area contributed by atoms with Gasteiger partial charge in [0.05, 0.1) is 6.61 Å². The van der Waals surface area contributed by atoms with Gasteiger partial charge in [0.25, 0.3) is 6.43 Å². The van der Waals surface area contributed by atoms with Crippen LogP contribution in [0.25, 0.3) is 0 Å². The van der Waals surface area contributed by atoms with Gasteiger partial charge in [-0.2, -0.15) is 0 Å². The molecule has 2 aliphatic heterocycles. The van der Waals surface area contributed by atoms with Crippen LogP contribution in [0.5, 0.6) is 5.88 Å². The van der Waals surface area contributed by atoms with Gasteiger partial charge < -0.3 is 19.7 Å². The summed E-state index contributed by atoms with van der Waals surface area (Å²) < 4.78 is 34.9. The number of aromatic nitrogens is 1. The minimum Gasteiger partial charge on any atom is -0.470 e. The maximum atomic E-state index is 12.4. The predicted molar refractivity (Wildman–Crippen MR) is 78.8 cm³/mol. The zero-order valence-electron chi connectivity index (χ0n) is 12.6. The fourth-order valence-electron chi connectivity index (χ4n) is 3.02. The first-order valence-corrected chi connectivity index (χ1v) is 7.58. The number of hydrogen-bond acceptors (Lipinski definition) is 4. The molecule has 1 aromatic rings. The topological polar surface area (TPSA) is 63.7 Å². The van der Waals surface area contributed by atoms with Crippen molar-refractivity contribution >= 4 is 11.7 Å². The van der Waals surface area contributed by atoms with Crippen molar-refractivity contribution in [1.29, 1.82) is 0 Å². The quantitative estimate of drug-likeness (QED) is 0.922. The van der Waals surface area contributed by atoms with E-state index in [1.165, 1.54) is 6.20 Å². The van der Waals surface area contributed by atoms with E-state index in [1.54, 1.807) is 17.0 Å². The van der Waals surface area contributed by atoms with Gasteiger partial charge >= 0.3 is 6.03 Å². The Bertz CT molecular complexity index is 565. The number of nitrogens with one attached hydrogen (secondary N) is 1. The van der Waals surface area contributed by atoms with Crippen molar-refractivity contribution in [2.45, 2.75) is 19.3 Å². The normalized spacial score (nSPS) is 23.7. The Hall–Kier alpha value is -1.96. The number of hydrogen-bond donors (Lipinski definition) is 1. The van der Waals surface area contributed by atoms with E-state index < -0.39 is 13.0 Å². The van der Waals surface area contributed by atoms with Gasteiger partial charge in [-0.15, -0.1) is 0 Å². The molecule has 0 aromatic carbocycles. The first kappa shape index (κ1) is 15.9. The highest BCUT2D eigenvalue weighted by Gasteiger charge is 2.42. The van der Waals surface area contributed by atoms with Crippen LogP contribution in [0.15, 0.2) is 18.3 Å². The highest BCUT2D eigenvalue weighted by atomic mass is 19.3. The maximum Gasteiger partial charge on any atom is 0.322 e. The summed E-state index contributed by atoms with van der Waals surface area (Å²) in [5.41, 5.74) is 0.364. The van der Waals surface area contributed by atoms with Crippen molar-refractivity contribution in [2.24, 2.45) is 5.41 Å². The van der Waals surface area contributed by atoms with Crippen LogP contribution in [-0.4, -0.2) is 55.3 Å². The average molecular weight is 327 g/mol. The number of anilines is 1. The van der Waals surface area contributed by atoms with E-state index in [4.69, 9.17) is 9.47 Å². The summed E-state index contributed by atoms with van der Waals surface area (Å²) in [5, 5.41) is 2.70. The Kier molecular flexibility index (Phi) is 4.61.